The van der Waals surface area contributed by atoms with Gasteiger partial charge in [-0.25, -0.2) is 13.2 Å². The van der Waals surface area contributed by atoms with Crippen molar-refractivity contribution in [3.05, 3.63) is 0 Å². The van der Waals surface area contributed by atoms with Crippen LogP contribution in [0.4, 0.5) is 4.79 Å². The minimum absolute atomic E-state index is 0.0622. The molecular formula is C8H15ClN2O3S. The molecule has 5 nitrogen and oxygen atoms in total. The Balaban J connectivity index is 2.43. The molecule has 0 aromatic carbocycles. The molecule has 88 valence electrons. The van der Waals surface area contributed by atoms with Crippen LogP contribution in [0.3, 0.4) is 0 Å². The van der Waals surface area contributed by atoms with Crippen molar-refractivity contribution < 1.29 is 13.2 Å². The molecule has 0 radical (unpaired) electrons. The van der Waals surface area contributed by atoms with E-state index in [4.69, 9.17) is 11.6 Å². The molecule has 1 saturated heterocycles. The van der Waals surface area contributed by atoms with Gasteiger partial charge >= 0.3 is 6.03 Å². The van der Waals surface area contributed by atoms with E-state index in [1.54, 1.807) is 0 Å². The second kappa shape index (κ2) is 5.03. The molecule has 2 amide bonds. The van der Waals surface area contributed by atoms with Gasteiger partial charge in [0.15, 0.2) is 9.84 Å². The fraction of sp³-hybridized carbons (Fsp3) is 0.875. The summed E-state index contributed by atoms with van der Waals surface area (Å²) in [5, 5.41) is 4.64. The number of rotatable bonds is 3. The Morgan fingerprint density at radius 2 is 2.13 bits per heavy atom. The second-order valence-electron chi connectivity index (χ2n) is 3.60. The first kappa shape index (κ1) is 12.6. The van der Waals surface area contributed by atoms with Crippen LogP contribution in [0.2, 0.25) is 0 Å². The van der Waals surface area contributed by atoms with Gasteiger partial charge in [-0.2, -0.15) is 0 Å². The van der Waals surface area contributed by atoms with Gasteiger partial charge in [0.25, 0.3) is 0 Å². The smallest absolute Gasteiger partial charge is 0.315 e. The van der Waals surface area contributed by atoms with Crippen LogP contribution in [0.1, 0.15) is 13.3 Å². The first-order valence-corrected chi connectivity index (χ1v) is 7.09. The van der Waals surface area contributed by atoms with E-state index in [2.05, 4.69) is 10.6 Å². The molecule has 2 N–H and O–H groups in total. The van der Waals surface area contributed by atoms with E-state index in [1.165, 1.54) is 0 Å². The summed E-state index contributed by atoms with van der Waals surface area (Å²) in [5.74, 6) is -0.131. The molecule has 2 unspecified atom stereocenters. The molecule has 0 saturated carbocycles. The van der Waals surface area contributed by atoms with Crippen LogP contribution in [-0.2, 0) is 9.84 Å². The number of hydrogen-bond acceptors (Lipinski definition) is 3. The molecule has 1 fully saturated rings. The summed E-state index contributed by atoms with van der Waals surface area (Å²) in [7, 11) is -3.09. The first-order chi connectivity index (χ1) is 6.94. The number of sulfone groups is 1. The molecule has 1 heterocycles. The molecule has 1 aliphatic heterocycles. The van der Waals surface area contributed by atoms with Gasteiger partial charge in [0, 0.05) is 6.54 Å². The van der Waals surface area contributed by atoms with Crippen molar-refractivity contribution in [3.63, 3.8) is 0 Å². The highest BCUT2D eigenvalue weighted by Crippen LogP contribution is 2.17. The number of alkyl halides is 1. The Hall–Kier alpha value is -0.490. The van der Waals surface area contributed by atoms with E-state index < -0.39 is 21.3 Å². The Morgan fingerprint density at radius 1 is 1.47 bits per heavy atom. The van der Waals surface area contributed by atoms with Gasteiger partial charge in [0.2, 0.25) is 0 Å². The zero-order chi connectivity index (χ0) is 11.5. The highest BCUT2D eigenvalue weighted by atomic mass is 35.5. The van der Waals surface area contributed by atoms with Crippen molar-refractivity contribution in [3.8, 4) is 0 Å². The van der Waals surface area contributed by atoms with Gasteiger partial charge in [-0.1, -0.05) is 6.92 Å². The summed E-state index contributed by atoms with van der Waals surface area (Å²) < 4.78 is 22.4. The normalized spacial score (nSPS) is 28.7. The van der Waals surface area contributed by atoms with Crippen molar-refractivity contribution >= 4 is 27.5 Å². The van der Waals surface area contributed by atoms with Crippen LogP contribution < -0.4 is 10.6 Å². The van der Waals surface area contributed by atoms with Crippen molar-refractivity contribution in [2.75, 3.05) is 18.1 Å². The average Bonchev–Trinajstić information content (AvgIpc) is 2.36. The van der Waals surface area contributed by atoms with Crippen molar-refractivity contribution in [2.45, 2.75) is 24.8 Å². The predicted molar refractivity (Wildman–Crippen MR) is 58.9 cm³/mol. The van der Waals surface area contributed by atoms with Crippen LogP contribution in [0.15, 0.2) is 0 Å². The van der Waals surface area contributed by atoms with Crippen molar-refractivity contribution in [1.29, 1.82) is 0 Å². The monoisotopic (exact) mass is 254 g/mol. The maximum Gasteiger partial charge on any atom is 0.315 e. The van der Waals surface area contributed by atoms with Crippen LogP contribution in [0.5, 0.6) is 0 Å². The fourth-order valence-electron chi connectivity index (χ4n) is 1.39. The molecule has 2 atom stereocenters. The van der Waals surface area contributed by atoms with Crippen LogP contribution in [0.25, 0.3) is 0 Å². The van der Waals surface area contributed by atoms with Gasteiger partial charge in [-0.15, -0.1) is 11.6 Å². The third-order valence-corrected chi connectivity index (χ3v) is 4.51. The first-order valence-electron chi connectivity index (χ1n) is 4.83. The molecule has 0 spiro atoms. The van der Waals surface area contributed by atoms with Gasteiger partial charge < -0.3 is 10.6 Å². The summed E-state index contributed by atoms with van der Waals surface area (Å²) in [6.45, 7) is 2.50. The van der Waals surface area contributed by atoms with Crippen LogP contribution in [-0.4, -0.2) is 43.9 Å². The molecular weight excluding hydrogens is 240 g/mol. The highest BCUT2D eigenvalue weighted by molar-refractivity contribution is 7.91. The molecule has 15 heavy (non-hydrogen) atoms. The number of nitrogens with one attached hydrogen (secondary N) is 2. The van der Waals surface area contributed by atoms with Crippen LogP contribution >= 0.6 is 11.6 Å². The van der Waals surface area contributed by atoms with Crippen LogP contribution in [0, 0.1) is 0 Å². The highest BCUT2D eigenvalue weighted by Gasteiger charge is 2.37. The Morgan fingerprint density at radius 3 is 2.60 bits per heavy atom. The largest absolute Gasteiger partial charge is 0.338 e. The zero-order valence-corrected chi connectivity index (χ0v) is 10.1. The van der Waals surface area contributed by atoms with E-state index in [-0.39, 0.29) is 17.5 Å². The van der Waals surface area contributed by atoms with Gasteiger partial charge in [0.05, 0.1) is 22.9 Å². The van der Waals surface area contributed by atoms with Crippen molar-refractivity contribution in [1.82, 2.24) is 10.6 Å². The number of carbonyl (C=O) groups excluding carboxylic acids is 1. The van der Waals surface area contributed by atoms with Gasteiger partial charge in [-0.05, 0) is 6.42 Å². The summed E-state index contributed by atoms with van der Waals surface area (Å²) >= 11 is 5.82. The minimum atomic E-state index is -3.09. The predicted octanol–water partition coefficient (Wildman–Crippen LogP) is 0.100. The lowest BCUT2D eigenvalue weighted by molar-refractivity contribution is 0.238. The SMILES string of the molecule is CCCNC(=O)NC1CS(=O)(=O)CC1Cl. The second-order valence-corrected chi connectivity index (χ2v) is 6.31. The molecule has 1 rings (SSSR count). The summed E-state index contributed by atoms with van der Waals surface area (Å²) in [5.41, 5.74) is 0. The maximum atomic E-state index is 11.2. The topological polar surface area (TPSA) is 75.3 Å². The molecule has 0 aromatic rings. The Bertz CT molecular complexity index is 331. The van der Waals surface area contributed by atoms with Crippen molar-refractivity contribution in [2.24, 2.45) is 0 Å². The molecule has 0 aromatic heterocycles. The van der Waals surface area contributed by atoms with Gasteiger partial charge in [-0.3, -0.25) is 0 Å². The Labute approximate surface area is 94.5 Å². The molecule has 0 aliphatic carbocycles. The summed E-state index contributed by atoms with van der Waals surface area (Å²) in [6.07, 6.45) is 0.834. The Kier molecular flexibility index (Phi) is 4.21. The quantitative estimate of drug-likeness (QED) is 0.702. The van der Waals surface area contributed by atoms with E-state index in [0.717, 1.165) is 6.42 Å². The number of carbonyl (C=O) groups is 1. The van der Waals surface area contributed by atoms with Gasteiger partial charge in [0.1, 0.15) is 0 Å². The van der Waals surface area contributed by atoms with E-state index >= 15 is 0 Å². The number of urea groups is 1. The fourth-order valence-corrected chi connectivity index (χ4v) is 3.94. The molecule has 1 aliphatic rings. The standard InChI is InChI=1S/C8H15ClN2O3S/c1-2-3-10-8(12)11-7-5-15(13,14)4-6(7)9/h6-7H,2-5H2,1H3,(H2,10,11,12). The molecule has 0 bridgehead atoms. The lowest BCUT2D eigenvalue weighted by Gasteiger charge is -2.14. The number of amides is 2. The van der Waals surface area contributed by atoms with E-state index in [1.807, 2.05) is 6.92 Å². The zero-order valence-electron chi connectivity index (χ0n) is 8.49. The number of hydrogen-bond donors (Lipinski definition) is 2. The summed E-state index contributed by atoms with van der Waals surface area (Å²) in [4.78, 5) is 11.2. The minimum Gasteiger partial charge on any atom is -0.338 e. The van der Waals surface area contributed by atoms with E-state index in [0.29, 0.717) is 6.54 Å². The lowest BCUT2D eigenvalue weighted by atomic mass is 10.2. The third kappa shape index (κ3) is 3.87. The average molecular weight is 255 g/mol. The third-order valence-electron chi connectivity index (χ3n) is 2.14. The van der Waals surface area contributed by atoms with E-state index in [9.17, 15) is 13.2 Å². The summed E-state index contributed by atoms with van der Waals surface area (Å²) in [6, 6.07) is -0.835. The number of halogens is 1. The maximum absolute atomic E-state index is 11.2. The lowest BCUT2D eigenvalue weighted by Crippen LogP contribution is -2.46. The molecule has 7 heteroatoms.